The lowest BCUT2D eigenvalue weighted by Gasteiger charge is -2.08. The fourth-order valence-electron chi connectivity index (χ4n) is 2.50. The molecule has 0 radical (unpaired) electrons. The lowest BCUT2D eigenvalue weighted by molar-refractivity contribution is 0.187. The predicted molar refractivity (Wildman–Crippen MR) is 85.0 cm³/mol. The number of aromatic amines is 1. The average molecular weight is 281 g/mol. The van der Waals surface area contributed by atoms with E-state index in [0.29, 0.717) is 6.61 Å². The van der Waals surface area contributed by atoms with Gasteiger partial charge in [-0.05, 0) is 17.2 Å². The molecule has 1 heterocycles. The van der Waals surface area contributed by atoms with E-state index in [0.717, 1.165) is 23.5 Å². The molecular weight excluding hydrogens is 262 g/mol. The van der Waals surface area contributed by atoms with Crippen LogP contribution >= 0.6 is 0 Å². The molecule has 0 aliphatic rings. The van der Waals surface area contributed by atoms with Crippen molar-refractivity contribution in [2.75, 3.05) is 13.7 Å². The van der Waals surface area contributed by atoms with Gasteiger partial charge in [0, 0.05) is 19.3 Å². The summed E-state index contributed by atoms with van der Waals surface area (Å²) in [6.45, 7) is 0.630. The number of aromatic nitrogens is 2. The molecule has 0 saturated carbocycles. The van der Waals surface area contributed by atoms with Crippen LogP contribution in [0.15, 0.2) is 48.7 Å². The normalized spacial score (nSPS) is 12.7. The van der Waals surface area contributed by atoms with Crippen molar-refractivity contribution in [3.05, 3.63) is 54.5 Å². The maximum atomic E-state index is 6.11. The highest BCUT2D eigenvalue weighted by Crippen LogP contribution is 2.28. The molecule has 1 atom stereocenters. The van der Waals surface area contributed by atoms with Gasteiger partial charge in [-0.1, -0.05) is 42.5 Å². The Morgan fingerprint density at radius 2 is 2.00 bits per heavy atom. The number of methoxy groups -OCH3 is 1. The summed E-state index contributed by atoms with van der Waals surface area (Å²) in [5.74, 6) is 0.801. The molecule has 4 nitrogen and oxygen atoms in total. The number of H-pyrrole nitrogens is 1. The van der Waals surface area contributed by atoms with Gasteiger partial charge in [-0.15, -0.1) is 0 Å². The highest BCUT2D eigenvalue weighted by molar-refractivity contribution is 5.95. The van der Waals surface area contributed by atoms with Crippen LogP contribution in [0.2, 0.25) is 0 Å². The van der Waals surface area contributed by atoms with Crippen molar-refractivity contribution in [3.63, 3.8) is 0 Å². The second kappa shape index (κ2) is 6.08. The summed E-state index contributed by atoms with van der Waals surface area (Å²) >= 11 is 0. The van der Waals surface area contributed by atoms with Crippen molar-refractivity contribution in [3.8, 4) is 11.3 Å². The molecule has 0 aliphatic carbocycles. The van der Waals surface area contributed by atoms with Crippen LogP contribution in [0.25, 0.3) is 22.0 Å². The molecule has 21 heavy (non-hydrogen) atoms. The van der Waals surface area contributed by atoms with Crippen molar-refractivity contribution in [2.24, 2.45) is 5.73 Å². The fourth-order valence-corrected chi connectivity index (χ4v) is 2.50. The van der Waals surface area contributed by atoms with Crippen molar-refractivity contribution in [2.45, 2.75) is 12.5 Å². The minimum Gasteiger partial charge on any atom is -0.385 e. The summed E-state index contributed by atoms with van der Waals surface area (Å²) in [5.41, 5.74) is 8.25. The van der Waals surface area contributed by atoms with E-state index in [-0.39, 0.29) is 6.04 Å². The molecule has 1 unspecified atom stereocenters. The van der Waals surface area contributed by atoms with Crippen LogP contribution in [-0.4, -0.2) is 23.7 Å². The number of benzene rings is 2. The molecule has 0 fully saturated rings. The Balaban J connectivity index is 1.95. The standard InChI is InChI=1S/C17H19N3O/c1-21-10-9-15(18)17-19-11-16(20-17)14-8-4-6-12-5-2-3-7-13(12)14/h2-8,11,15H,9-10,18H2,1H3,(H,19,20). The van der Waals surface area contributed by atoms with Crippen LogP contribution < -0.4 is 5.73 Å². The Hall–Kier alpha value is -2.17. The van der Waals surface area contributed by atoms with E-state index in [1.54, 1.807) is 7.11 Å². The van der Waals surface area contributed by atoms with Crippen molar-refractivity contribution >= 4 is 10.8 Å². The van der Waals surface area contributed by atoms with Gasteiger partial charge in [-0.25, -0.2) is 4.98 Å². The fraction of sp³-hybridized carbons (Fsp3) is 0.235. The van der Waals surface area contributed by atoms with Gasteiger partial charge in [-0.2, -0.15) is 0 Å². The van der Waals surface area contributed by atoms with E-state index in [4.69, 9.17) is 10.5 Å². The van der Waals surface area contributed by atoms with Crippen LogP contribution in [-0.2, 0) is 4.74 Å². The lowest BCUT2D eigenvalue weighted by atomic mass is 10.0. The van der Waals surface area contributed by atoms with Gasteiger partial charge in [-0.3, -0.25) is 0 Å². The number of rotatable bonds is 5. The Bertz CT molecular complexity index is 730. The molecule has 4 heteroatoms. The van der Waals surface area contributed by atoms with E-state index >= 15 is 0 Å². The molecule has 3 N–H and O–H groups in total. The number of ether oxygens (including phenoxy) is 1. The summed E-state index contributed by atoms with van der Waals surface area (Å²) in [5, 5.41) is 2.43. The van der Waals surface area contributed by atoms with Gasteiger partial charge in [0.2, 0.25) is 0 Å². The molecule has 3 rings (SSSR count). The Kier molecular flexibility index (Phi) is 3.99. The van der Waals surface area contributed by atoms with Gasteiger partial charge >= 0.3 is 0 Å². The predicted octanol–water partition coefficient (Wildman–Crippen LogP) is 3.27. The summed E-state index contributed by atoms with van der Waals surface area (Å²) in [4.78, 5) is 7.75. The topological polar surface area (TPSA) is 63.9 Å². The minimum atomic E-state index is -0.131. The number of nitrogens with two attached hydrogens (primary N) is 1. The maximum absolute atomic E-state index is 6.11. The first-order chi connectivity index (χ1) is 10.3. The van der Waals surface area contributed by atoms with Gasteiger partial charge in [0.15, 0.2) is 0 Å². The number of imidazole rings is 1. The molecule has 0 bridgehead atoms. The Labute approximate surface area is 124 Å². The summed E-state index contributed by atoms with van der Waals surface area (Å²) in [6, 6.07) is 14.5. The van der Waals surface area contributed by atoms with Crippen LogP contribution in [0.1, 0.15) is 18.3 Å². The zero-order valence-corrected chi connectivity index (χ0v) is 12.0. The van der Waals surface area contributed by atoms with E-state index in [9.17, 15) is 0 Å². The summed E-state index contributed by atoms with van der Waals surface area (Å²) in [7, 11) is 1.68. The maximum Gasteiger partial charge on any atom is 0.123 e. The largest absolute Gasteiger partial charge is 0.385 e. The zero-order valence-electron chi connectivity index (χ0n) is 12.0. The summed E-state index contributed by atoms with van der Waals surface area (Å²) in [6.07, 6.45) is 2.60. The second-order valence-electron chi connectivity index (χ2n) is 5.10. The highest BCUT2D eigenvalue weighted by Gasteiger charge is 2.12. The van der Waals surface area contributed by atoms with Gasteiger partial charge in [0.05, 0.1) is 17.9 Å². The number of hydrogen-bond donors (Lipinski definition) is 2. The highest BCUT2D eigenvalue weighted by atomic mass is 16.5. The molecule has 0 saturated heterocycles. The Morgan fingerprint density at radius 3 is 2.86 bits per heavy atom. The van der Waals surface area contributed by atoms with E-state index < -0.39 is 0 Å². The van der Waals surface area contributed by atoms with Crippen LogP contribution in [0.3, 0.4) is 0 Å². The Morgan fingerprint density at radius 1 is 1.19 bits per heavy atom. The number of hydrogen-bond acceptors (Lipinski definition) is 3. The van der Waals surface area contributed by atoms with Crippen molar-refractivity contribution in [1.82, 2.24) is 9.97 Å². The zero-order chi connectivity index (χ0) is 14.7. The SMILES string of the molecule is COCCC(N)c1ncc(-c2cccc3ccccc23)[nH]1. The molecule has 0 amide bonds. The van der Waals surface area contributed by atoms with E-state index in [1.165, 1.54) is 10.8 Å². The van der Waals surface area contributed by atoms with Crippen LogP contribution in [0.4, 0.5) is 0 Å². The molecule has 2 aromatic carbocycles. The third-order valence-corrected chi connectivity index (χ3v) is 3.66. The van der Waals surface area contributed by atoms with E-state index in [2.05, 4.69) is 40.3 Å². The average Bonchev–Trinajstić information content (AvgIpc) is 3.02. The monoisotopic (exact) mass is 281 g/mol. The smallest absolute Gasteiger partial charge is 0.123 e. The third kappa shape index (κ3) is 2.82. The molecule has 0 spiro atoms. The number of nitrogens with one attached hydrogen (secondary N) is 1. The van der Waals surface area contributed by atoms with Crippen LogP contribution in [0.5, 0.6) is 0 Å². The van der Waals surface area contributed by atoms with Crippen LogP contribution in [0, 0.1) is 0 Å². The minimum absolute atomic E-state index is 0.131. The number of nitrogens with zero attached hydrogens (tertiary/aromatic N) is 1. The molecule has 108 valence electrons. The van der Waals surface area contributed by atoms with Crippen molar-refractivity contribution in [1.29, 1.82) is 0 Å². The third-order valence-electron chi connectivity index (χ3n) is 3.66. The first-order valence-corrected chi connectivity index (χ1v) is 7.07. The molecular formula is C17H19N3O. The summed E-state index contributed by atoms with van der Waals surface area (Å²) < 4.78 is 5.06. The quantitative estimate of drug-likeness (QED) is 0.754. The first-order valence-electron chi connectivity index (χ1n) is 7.07. The molecule has 1 aromatic heterocycles. The van der Waals surface area contributed by atoms with Gasteiger partial charge in [0.1, 0.15) is 5.82 Å². The molecule has 0 aliphatic heterocycles. The van der Waals surface area contributed by atoms with E-state index in [1.807, 2.05) is 18.3 Å². The van der Waals surface area contributed by atoms with Gasteiger partial charge < -0.3 is 15.5 Å². The van der Waals surface area contributed by atoms with Crippen molar-refractivity contribution < 1.29 is 4.74 Å². The lowest BCUT2D eigenvalue weighted by Crippen LogP contribution is -2.14. The number of fused-ring (bicyclic) bond motifs is 1. The second-order valence-corrected chi connectivity index (χ2v) is 5.10. The molecule has 3 aromatic rings. The first kappa shape index (κ1) is 13.8. The van der Waals surface area contributed by atoms with Gasteiger partial charge in [0.25, 0.3) is 0 Å².